The molecule has 80 valence electrons. The molecule has 0 saturated heterocycles. The number of rotatable bonds is 2. The van der Waals surface area contributed by atoms with Crippen molar-refractivity contribution in [2.24, 2.45) is 0 Å². The van der Waals surface area contributed by atoms with Gasteiger partial charge in [-0.25, -0.2) is 4.79 Å². The van der Waals surface area contributed by atoms with Crippen molar-refractivity contribution in [1.82, 2.24) is 0 Å². The third-order valence-corrected chi connectivity index (χ3v) is 2.52. The van der Waals surface area contributed by atoms with Crippen LogP contribution in [0.1, 0.15) is 6.42 Å². The van der Waals surface area contributed by atoms with Crippen molar-refractivity contribution in [3.63, 3.8) is 0 Å². The molecule has 0 aromatic rings. The fourth-order valence-corrected chi connectivity index (χ4v) is 1.66. The number of nitro groups is 1. The van der Waals surface area contributed by atoms with Crippen molar-refractivity contribution in [2.75, 3.05) is 0 Å². The Morgan fingerprint density at radius 3 is 2.47 bits per heavy atom. The number of hydrogen-bond donors (Lipinski definition) is 1. The van der Waals surface area contributed by atoms with Crippen LogP contribution in [0.15, 0.2) is 23.4 Å². The summed E-state index contributed by atoms with van der Waals surface area (Å²) in [6.45, 7) is 0. The zero-order chi connectivity index (χ0) is 11.6. The first-order chi connectivity index (χ1) is 6.93. The number of allylic oxidation sites excluding steroid dienone is 3. The Bertz CT molecular complexity index is 516. The zero-order valence-electron chi connectivity index (χ0n) is 7.21. The normalized spacial score (nSPS) is 15.3. The van der Waals surface area contributed by atoms with Crippen LogP contribution in [0.4, 0.5) is 0 Å². The highest BCUT2D eigenvalue weighted by Crippen LogP contribution is 2.16. The van der Waals surface area contributed by atoms with Crippen LogP contribution in [0.5, 0.6) is 0 Å². The maximum absolute atomic E-state index is 10.6. The highest BCUT2D eigenvalue weighted by molar-refractivity contribution is 7.73. The molecule has 7 nitrogen and oxygen atoms in total. The van der Waals surface area contributed by atoms with E-state index in [0.717, 1.165) is 12.2 Å². The minimum atomic E-state index is -2.77. The van der Waals surface area contributed by atoms with Crippen LogP contribution in [-0.4, -0.2) is 29.3 Å². The Morgan fingerprint density at radius 2 is 2.07 bits per heavy atom. The Labute approximate surface area is 85.0 Å². The summed E-state index contributed by atoms with van der Waals surface area (Å²) in [5.74, 6) is -1.42. The Hall–Kier alpha value is -1.96. The summed E-state index contributed by atoms with van der Waals surface area (Å²) in [4.78, 5) is 19.7. The molecule has 1 N–H and O–H groups in total. The monoisotopic (exact) mass is 231 g/mol. The summed E-state index contributed by atoms with van der Waals surface area (Å²) >= 11 is 0. The number of aliphatic carboxylic acids is 1. The molecule has 0 aliphatic heterocycles. The van der Waals surface area contributed by atoms with E-state index in [0.29, 0.717) is 0 Å². The van der Waals surface area contributed by atoms with Gasteiger partial charge in [0.05, 0.1) is 21.8 Å². The smallest absolute Gasteiger partial charge is 0.337 e. The second kappa shape index (κ2) is 4.05. The molecule has 8 heteroatoms. The first-order valence-electron chi connectivity index (χ1n) is 3.67. The lowest BCUT2D eigenvalue weighted by molar-refractivity contribution is -0.426. The lowest BCUT2D eigenvalue weighted by atomic mass is 10.0. The summed E-state index contributed by atoms with van der Waals surface area (Å²) < 4.78 is 21.3. The number of nitrogens with zero attached hydrogens (tertiary/aromatic N) is 1. The lowest BCUT2D eigenvalue weighted by Crippen LogP contribution is -2.19. The molecule has 0 aromatic carbocycles. The van der Waals surface area contributed by atoms with Gasteiger partial charge in [-0.3, -0.25) is 10.1 Å². The third-order valence-electron chi connectivity index (χ3n) is 1.75. The predicted molar refractivity (Wildman–Crippen MR) is 49.3 cm³/mol. The van der Waals surface area contributed by atoms with Crippen LogP contribution in [0, 0.1) is 10.1 Å². The fraction of sp³-hybridized carbons (Fsp3) is 0.143. The van der Waals surface area contributed by atoms with Gasteiger partial charge in [0.1, 0.15) is 0 Å². The summed E-state index contributed by atoms with van der Waals surface area (Å²) in [5, 5.41) is 19.0. The SMILES string of the molecule is O=C(O)C1=CC=C([N+](=O)[O-])CC1=S(=O)=O. The molecule has 1 rings (SSSR count). The minimum Gasteiger partial charge on any atom is -0.478 e. The van der Waals surface area contributed by atoms with E-state index >= 15 is 0 Å². The Kier molecular flexibility index (Phi) is 3.00. The molecule has 0 spiro atoms. The third kappa shape index (κ3) is 2.29. The molecule has 0 aromatic heterocycles. The van der Waals surface area contributed by atoms with Gasteiger partial charge in [-0.15, -0.1) is 0 Å². The molecule has 0 saturated carbocycles. The molecule has 0 radical (unpaired) electrons. The van der Waals surface area contributed by atoms with Crippen molar-refractivity contribution >= 4 is 21.1 Å². The topological polar surface area (TPSA) is 115 Å². The van der Waals surface area contributed by atoms with Crippen LogP contribution < -0.4 is 0 Å². The molecule has 0 bridgehead atoms. The summed E-state index contributed by atoms with van der Waals surface area (Å²) in [5.41, 5.74) is -0.784. The van der Waals surface area contributed by atoms with Gasteiger partial charge in [0.15, 0.2) is 0 Å². The standard InChI is InChI=1S/C7H5NO6S/c9-7(10)5-2-1-4(8(11)12)3-6(5)15(13)14/h1-2H,3H2,(H,9,10). The van der Waals surface area contributed by atoms with Crippen molar-refractivity contribution in [3.05, 3.63) is 33.5 Å². The average Bonchev–Trinajstić information content (AvgIpc) is 2.16. The van der Waals surface area contributed by atoms with Crippen LogP contribution in [0.3, 0.4) is 0 Å². The first-order valence-corrected chi connectivity index (χ1v) is 4.75. The van der Waals surface area contributed by atoms with E-state index in [1.54, 1.807) is 0 Å². The van der Waals surface area contributed by atoms with E-state index in [1.807, 2.05) is 0 Å². The van der Waals surface area contributed by atoms with Crippen molar-refractivity contribution in [1.29, 1.82) is 0 Å². The van der Waals surface area contributed by atoms with Gasteiger partial charge in [-0.1, -0.05) is 0 Å². The highest BCUT2D eigenvalue weighted by atomic mass is 32.2. The van der Waals surface area contributed by atoms with E-state index < -0.39 is 38.0 Å². The summed E-state index contributed by atoms with van der Waals surface area (Å²) in [7, 11) is -2.77. The zero-order valence-corrected chi connectivity index (χ0v) is 8.02. The quantitative estimate of drug-likeness (QED) is 0.393. The Morgan fingerprint density at radius 1 is 1.47 bits per heavy atom. The van der Waals surface area contributed by atoms with Crippen LogP contribution in [0.2, 0.25) is 0 Å². The van der Waals surface area contributed by atoms with E-state index in [1.165, 1.54) is 0 Å². The van der Waals surface area contributed by atoms with Crippen LogP contribution >= 0.6 is 0 Å². The fourth-order valence-electron chi connectivity index (χ4n) is 1.06. The largest absolute Gasteiger partial charge is 0.478 e. The van der Waals surface area contributed by atoms with Gasteiger partial charge in [-0.2, -0.15) is 8.42 Å². The number of carbonyl (C=O) groups is 1. The van der Waals surface area contributed by atoms with E-state index in [-0.39, 0.29) is 5.70 Å². The molecule has 0 heterocycles. The van der Waals surface area contributed by atoms with Crippen LogP contribution in [0.25, 0.3) is 0 Å². The summed E-state index contributed by atoms with van der Waals surface area (Å²) in [6, 6.07) is 0. The van der Waals surface area contributed by atoms with Gasteiger partial charge in [0, 0.05) is 6.08 Å². The van der Waals surface area contributed by atoms with Crippen molar-refractivity contribution in [2.45, 2.75) is 6.42 Å². The molecule has 15 heavy (non-hydrogen) atoms. The van der Waals surface area contributed by atoms with Gasteiger partial charge in [0.25, 0.3) is 5.70 Å². The number of carboxylic acid groups (broad SMARTS) is 1. The Balaban J connectivity index is 3.33. The van der Waals surface area contributed by atoms with Gasteiger partial charge in [-0.05, 0) is 6.08 Å². The summed E-state index contributed by atoms with van der Waals surface area (Å²) in [6.07, 6.45) is 1.40. The van der Waals surface area contributed by atoms with E-state index in [9.17, 15) is 23.3 Å². The molecule has 1 aliphatic carbocycles. The highest BCUT2D eigenvalue weighted by Gasteiger charge is 2.26. The lowest BCUT2D eigenvalue weighted by Gasteiger charge is -2.05. The molecule has 0 atom stereocenters. The van der Waals surface area contributed by atoms with E-state index in [2.05, 4.69) is 0 Å². The second-order valence-corrected chi connectivity index (χ2v) is 3.60. The molecular formula is C7H5NO6S. The van der Waals surface area contributed by atoms with Crippen molar-refractivity contribution in [3.8, 4) is 0 Å². The average molecular weight is 231 g/mol. The maximum Gasteiger partial charge on any atom is 0.337 e. The number of hydrogen-bond acceptors (Lipinski definition) is 5. The second-order valence-electron chi connectivity index (χ2n) is 2.64. The van der Waals surface area contributed by atoms with Gasteiger partial charge >= 0.3 is 5.97 Å². The molecular weight excluding hydrogens is 226 g/mol. The predicted octanol–water partition coefficient (Wildman–Crippen LogP) is -0.387. The molecule has 0 amide bonds. The van der Waals surface area contributed by atoms with Gasteiger partial charge < -0.3 is 5.11 Å². The van der Waals surface area contributed by atoms with E-state index in [4.69, 9.17) is 5.11 Å². The molecule has 0 fully saturated rings. The minimum absolute atomic E-state index is 0.348. The van der Waals surface area contributed by atoms with Crippen LogP contribution in [-0.2, 0) is 15.1 Å². The maximum atomic E-state index is 10.6. The van der Waals surface area contributed by atoms with Gasteiger partial charge in [0.2, 0.25) is 10.3 Å². The molecule has 0 unspecified atom stereocenters. The first kappa shape index (κ1) is 11.1. The van der Waals surface area contributed by atoms with Crippen molar-refractivity contribution < 1.29 is 23.2 Å². The molecule has 1 aliphatic rings. The number of carboxylic acids is 1.